The molecule has 108 valence electrons. The van der Waals surface area contributed by atoms with Gasteiger partial charge < -0.3 is 20.2 Å². The van der Waals surface area contributed by atoms with E-state index in [-0.39, 0.29) is 24.5 Å². The number of urea groups is 1. The summed E-state index contributed by atoms with van der Waals surface area (Å²) in [6.45, 7) is 4.34. The van der Waals surface area contributed by atoms with E-state index in [4.69, 9.17) is 5.11 Å². The average Bonchev–Trinajstić information content (AvgIpc) is 2.76. The molecule has 2 atom stereocenters. The van der Waals surface area contributed by atoms with Gasteiger partial charge in [-0.1, -0.05) is 0 Å². The lowest BCUT2D eigenvalue weighted by atomic mass is 10.0. The average molecular weight is 271 g/mol. The van der Waals surface area contributed by atoms with E-state index < -0.39 is 11.9 Å². The lowest BCUT2D eigenvalue weighted by molar-refractivity contribution is -0.142. The molecule has 7 heteroatoms. The van der Waals surface area contributed by atoms with Crippen LogP contribution in [0.2, 0.25) is 0 Å². The van der Waals surface area contributed by atoms with Crippen molar-refractivity contribution in [1.82, 2.24) is 15.1 Å². The van der Waals surface area contributed by atoms with Gasteiger partial charge in [-0.15, -0.1) is 0 Å². The number of amides is 3. The SMILES string of the molecule is CCN(CC(=O)NC)C(=O)N1CCC(C(=O)O)C1C. The fraction of sp³-hybridized carbons (Fsp3) is 0.750. The number of hydrogen-bond acceptors (Lipinski definition) is 3. The largest absolute Gasteiger partial charge is 0.481 e. The number of nitrogens with one attached hydrogen (secondary N) is 1. The topological polar surface area (TPSA) is 90.0 Å². The Balaban J connectivity index is 2.71. The molecule has 0 aromatic heterocycles. The maximum atomic E-state index is 12.3. The second kappa shape index (κ2) is 6.40. The van der Waals surface area contributed by atoms with Gasteiger partial charge in [0.05, 0.1) is 5.92 Å². The van der Waals surface area contributed by atoms with Crippen LogP contribution in [-0.4, -0.2) is 65.5 Å². The van der Waals surface area contributed by atoms with Gasteiger partial charge in [-0.3, -0.25) is 9.59 Å². The van der Waals surface area contributed by atoms with Crippen LogP contribution in [0.4, 0.5) is 4.79 Å². The second-order valence-electron chi connectivity index (χ2n) is 4.64. The van der Waals surface area contributed by atoms with E-state index in [1.807, 2.05) is 0 Å². The zero-order valence-corrected chi connectivity index (χ0v) is 11.5. The van der Waals surface area contributed by atoms with Crippen LogP contribution >= 0.6 is 0 Å². The van der Waals surface area contributed by atoms with E-state index in [2.05, 4.69) is 5.32 Å². The lowest BCUT2D eigenvalue weighted by Gasteiger charge is -2.30. The molecule has 1 aliphatic rings. The third-order valence-corrected chi connectivity index (χ3v) is 3.58. The molecule has 7 nitrogen and oxygen atoms in total. The molecule has 19 heavy (non-hydrogen) atoms. The molecule has 2 N–H and O–H groups in total. The molecule has 0 aromatic carbocycles. The molecule has 0 saturated carbocycles. The van der Waals surface area contributed by atoms with Crippen molar-refractivity contribution < 1.29 is 19.5 Å². The van der Waals surface area contributed by atoms with Crippen LogP contribution < -0.4 is 5.32 Å². The summed E-state index contributed by atoms with van der Waals surface area (Å²) >= 11 is 0. The number of hydrogen-bond donors (Lipinski definition) is 2. The van der Waals surface area contributed by atoms with E-state index in [0.717, 1.165) is 0 Å². The van der Waals surface area contributed by atoms with E-state index >= 15 is 0 Å². The first kappa shape index (κ1) is 15.3. The summed E-state index contributed by atoms with van der Waals surface area (Å²) in [6.07, 6.45) is 0.458. The fourth-order valence-corrected chi connectivity index (χ4v) is 2.29. The molecule has 0 bridgehead atoms. The van der Waals surface area contributed by atoms with E-state index in [1.165, 1.54) is 16.8 Å². The Morgan fingerprint density at radius 3 is 2.47 bits per heavy atom. The summed E-state index contributed by atoms with van der Waals surface area (Å²) in [4.78, 5) is 37.6. The molecular formula is C12H21N3O4. The summed E-state index contributed by atoms with van der Waals surface area (Å²) < 4.78 is 0. The molecule has 0 radical (unpaired) electrons. The highest BCUT2D eigenvalue weighted by Gasteiger charge is 2.39. The highest BCUT2D eigenvalue weighted by molar-refractivity contribution is 5.84. The Kier molecular flexibility index (Phi) is 5.14. The van der Waals surface area contributed by atoms with Crippen molar-refractivity contribution in [3.8, 4) is 0 Å². The third kappa shape index (κ3) is 3.36. The molecule has 2 unspecified atom stereocenters. The van der Waals surface area contributed by atoms with Crippen LogP contribution in [0.5, 0.6) is 0 Å². The standard InChI is InChI=1S/C12H21N3O4/c1-4-14(7-10(16)13-3)12(19)15-6-5-9(8(15)2)11(17)18/h8-9H,4-7H2,1-3H3,(H,13,16)(H,17,18). The minimum atomic E-state index is -0.878. The molecule has 0 aliphatic carbocycles. The zero-order valence-electron chi connectivity index (χ0n) is 11.5. The van der Waals surface area contributed by atoms with Crippen LogP contribution in [0.25, 0.3) is 0 Å². The predicted molar refractivity (Wildman–Crippen MR) is 68.6 cm³/mol. The molecule has 1 aliphatic heterocycles. The number of carbonyl (C=O) groups is 3. The Labute approximate surface area is 112 Å². The Morgan fingerprint density at radius 1 is 1.42 bits per heavy atom. The molecule has 1 heterocycles. The Bertz CT molecular complexity index is 372. The number of nitrogens with zero attached hydrogens (tertiary/aromatic N) is 2. The van der Waals surface area contributed by atoms with Gasteiger partial charge >= 0.3 is 12.0 Å². The van der Waals surface area contributed by atoms with Gasteiger partial charge in [0.2, 0.25) is 5.91 Å². The summed E-state index contributed by atoms with van der Waals surface area (Å²) in [5.41, 5.74) is 0. The number of likely N-dealkylation sites (N-methyl/N-ethyl adjacent to an activating group) is 2. The van der Waals surface area contributed by atoms with Crippen LogP contribution in [0, 0.1) is 5.92 Å². The summed E-state index contributed by atoms with van der Waals surface area (Å²) in [6, 6.07) is -0.619. The van der Waals surface area contributed by atoms with Crippen LogP contribution in [0.15, 0.2) is 0 Å². The molecule has 0 spiro atoms. The molecular weight excluding hydrogens is 250 g/mol. The Morgan fingerprint density at radius 2 is 2.05 bits per heavy atom. The lowest BCUT2D eigenvalue weighted by Crippen LogP contribution is -2.49. The normalized spacial score (nSPS) is 22.2. The van der Waals surface area contributed by atoms with Crippen molar-refractivity contribution in [2.75, 3.05) is 26.7 Å². The molecule has 1 fully saturated rings. The minimum Gasteiger partial charge on any atom is -0.481 e. The molecule has 1 saturated heterocycles. The highest BCUT2D eigenvalue weighted by Crippen LogP contribution is 2.25. The maximum absolute atomic E-state index is 12.3. The number of aliphatic carboxylic acids is 1. The van der Waals surface area contributed by atoms with Gasteiger partial charge in [0.25, 0.3) is 0 Å². The number of rotatable bonds is 4. The van der Waals surface area contributed by atoms with Crippen molar-refractivity contribution >= 4 is 17.9 Å². The highest BCUT2D eigenvalue weighted by atomic mass is 16.4. The van der Waals surface area contributed by atoms with Crippen molar-refractivity contribution in [2.45, 2.75) is 26.3 Å². The molecule has 1 rings (SSSR count). The summed E-state index contributed by atoms with van der Waals surface area (Å²) in [5, 5.41) is 11.5. The maximum Gasteiger partial charge on any atom is 0.320 e. The van der Waals surface area contributed by atoms with Gasteiger partial charge in [0, 0.05) is 26.2 Å². The van der Waals surface area contributed by atoms with Gasteiger partial charge in [0.15, 0.2) is 0 Å². The van der Waals surface area contributed by atoms with E-state index in [0.29, 0.717) is 19.5 Å². The van der Waals surface area contributed by atoms with Crippen molar-refractivity contribution in [3.05, 3.63) is 0 Å². The summed E-state index contributed by atoms with van der Waals surface area (Å²) in [7, 11) is 1.51. The first-order valence-corrected chi connectivity index (χ1v) is 6.41. The van der Waals surface area contributed by atoms with Gasteiger partial charge in [-0.05, 0) is 20.3 Å². The van der Waals surface area contributed by atoms with Crippen molar-refractivity contribution in [2.24, 2.45) is 5.92 Å². The summed E-state index contributed by atoms with van der Waals surface area (Å²) in [5.74, 6) is -1.64. The van der Waals surface area contributed by atoms with Crippen LogP contribution in [0.1, 0.15) is 20.3 Å². The fourth-order valence-electron chi connectivity index (χ4n) is 2.29. The quantitative estimate of drug-likeness (QED) is 0.751. The minimum absolute atomic E-state index is 0.00715. The molecule has 3 amide bonds. The van der Waals surface area contributed by atoms with Gasteiger partial charge in [-0.25, -0.2) is 4.79 Å². The van der Waals surface area contributed by atoms with Gasteiger partial charge in [-0.2, -0.15) is 0 Å². The van der Waals surface area contributed by atoms with E-state index in [1.54, 1.807) is 13.8 Å². The first-order valence-electron chi connectivity index (χ1n) is 6.41. The first-order chi connectivity index (χ1) is 8.92. The smallest absolute Gasteiger partial charge is 0.320 e. The van der Waals surface area contributed by atoms with Gasteiger partial charge in [0.1, 0.15) is 6.54 Å². The Hall–Kier alpha value is -1.79. The van der Waals surface area contributed by atoms with E-state index in [9.17, 15) is 14.4 Å². The monoisotopic (exact) mass is 271 g/mol. The molecule has 0 aromatic rings. The van der Waals surface area contributed by atoms with Crippen molar-refractivity contribution in [3.63, 3.8) is 0 Å². The van der Waals surface area contributed by atoms with Crippen molar-refractivity contribution in [1.29, 1.82) is 0 Å². The number of carbonyl (C=O) groups excluding carboxylic acids is 2. The van der Waals surface area contributed by atoms with Crippen LogP contribution in [-0.2, 0) is 9.59 Å². The van der Waals surface area contributed by atoms with Crippen LogP contribution in [0.3, 0.4) is 0 Å². The second-order valence-corrected chi connectivity index (χ2v) is 4.64. The predicted octanol–water partition coefficient (Wildman–Crippen LogP) is -0.0307. The number of likely N-dealkylation sites (tertiary alicyclic amines) is 1. The number of carboxylic acids is 1. The number of carboxylic acid groups (broad SMARTS) is 1. The third-order valence-electron chi connectivity index (χ3n) is 3.58. The zero-order chi connectivity index (χ0) is 14.6.